The molecule has 2 unspecified atom stereocenters. The molecule has 4 nitrogen and oxygen atoms in total. The molecule has 1 amide bonds. The molecule has 0 saturated carbocycles. The van der Waals surface area contributed by atoms with E-state index in [1.54, 1.807) is 0 Å². The van der Waals surface area contributed by atoms with Gasteiger partial charge in [0.25, 0.3) is 0 Å². The second-order valence-corrected chi connectivity index (χ2v) is 5.63. The van der Waals surface area contributed by atoms with Gasteiger partial charge in [-0.25, -0.2) is 0 Å². The van der Waals surface area contributed by atoms with Crippen LogP contribution in [0.5, 0.6) is 0 Å². The monoisotopic (exact) mass is 259 g/mol. The highest BCUT2D eigenvalue weighted by molar-refractivity contribution is 6.02. The predicted octanol–water partition coefficient (Wildman–Crippen LogP) is 2.41. The quantitative estimate of drug-likeness (QED) is 0.814. The lowest BCUT2D eigenvalue weighted by atomic mass is 10.1. The lowest BCUT2D eigenvalue weighted by Gasteiger charge is -2.29. The van der Waals surface area contributed by atoms with E-state index < -0.39 is 6.04 Å². The summed E-state index contributed by atoms with van der Waals surface area (Å²) in [5.41, 5.74) is 8.84. The van der Waals surface area contributed by atoms with E-state index >= 15 is 0 Å². The highest BCUT2D eigenvalue weighted by atomic mass is 16.2. The van der Waals surface area contributed by atoms with Crippen molar-refractivity contribution in [2.75, 3.05) is 16.8 Å². The summed E-state index contributed by atoms with van der Waals surface area (Å²) in [4.78, 5) is 14.0. The van der Waals surface area contributed by atoms with Gasteiger partial charge in [-0.1, -0.05) is 18.9 Å². The summed E-state index contributed by atoms with van der Waals surface area (Å²) in [6.07, 6.45) is 5.11. The molecular weight excluding hydrogens is 238 g/mol. The zero-order chi connectivity index (χ0) is 13.4. The summed E-state index contributed by atoms with van der Waals surface area (Å²) in [5, 5.41) is 2.87. The van der Waals surface area contributed by atoms with Crippen LogP contribution in [0.4, 0.5) is 11.4 Å². The Balaban J connectivity index is 1.90. The van der Waals surface area contributed by atoms with Crippen LogP contribution in [0.2, 0.25) is 0 Å². The molecule has 1 aromatic rings. The summed E-state index contributed by atoms with van der Waals surface area (Å²) in [7, 11) is 0. The Kier molecular flexibility index (Phi) is 3.19. The Labute approximate surface area is 114 Å². The molecule has 1 saturated heterocycles. The van der Waals surface area contributed by atoms with Crippen LogP contribution >= 0.6 is 0 Å². The van der Waals surface area contributed by atoms with Gasteiger partial charge in [0, 0.05) is 29.5 Å². The molecule has 3 rings (SSSR count). The van der Waals surface area contributed by atoms with Crippen LogP contribution < -0.4 is 16.0 Å². The van der Waals surface area contributed by atoms with Crippen LogP contribution in [0.15, 0.2) is 18.2 Å². The van der Waals surface area contributed by atoms with Crippen LogP contribution in [-0.4, -0.2) is 18.5 Å². The first-order valence-corrected chi connectivity index (χ1v) is 7.14. The minimum Gasteiger partial charge on any atom is -0.369 e. The summed E-state index contributed by atoms with van der Waals surface area (Å²) in [5.74, 6) is -0.101. The normalized spacial score (nSPS) is 26.8. The second-order valence-electron chi connectivity index (χ2n) is 5.63. The number of amides is 1. The molecule has 0 spiro atoms. The number of nitrogens with two attached hydrogens (primary N) is 1. The molecular formula is C15H21N3O. The Morgan fingerprint density at radius 1 is 1.32 bits per heavy atom. The van der Waals surface area contributed by atoms with Gasteiger partial charge in [-0.15, -0.1) is 0 Å². The molecule has 2 aliphatic heterocycles. The van der Waals surface area contributed by atoms with Gasteiger partial charge in [0.05, 0.1) is 0 Å². The van der Waals surface area contributed by atoms with Gasteiger partial charge in [-0.3, -0.25) is 4.79 Å². The van der Waals surface area contributed by atoms with Crippen LogP contribution in [0.25, 0.3) is 0 Å². The molecule has 2 aliphatic rings. The van der Waals surface area contributed by atoms with Crippen molar-refractivity contribution in [2.45, 2.75) is 44.7 Å². The summed E-state index contributed by atoms with van der Waals surface area (Å²) in [6.45, 7) is 3.38. The first kappa shape index (κ1) is 12.5. The van der Waals surface area contributed by atoms with Crippen molar-refractivity contribution in [3.8, 4) is 0 Å². The number of rotatable bonds is 1. The second kappa shape index (κ2) is 4.85. The minimum atomic E-state index is -0.509. The standard InChI is InChI=1S/C15H21N3O/c1-10-5-3-2-4-8-18(10)11-6-7-12-13(9-11)17-15(19)14(12)16/h6-7,9-10,14H,2-5,8,16H2,1H3,(H,17,19). The Morgan fingerprint density at radius 2 is 2.16 bits per heavy atom. The van der Waals surface area contributed by atoms with Crippen molar-refractivity contribution >= 4 is 17.3 Å². The topological polar surface area (TPSA) is 58.4 Å². The van der Waals surface area contributed by atoms with Crippen LogP contribution in [-0.2, 0) is 4.79 Å². The van der Waals surface area contributed by atoms with E-state index in [1.165, 1.54) is 31.4 Å². The molecule has 0 aliphatic carbocycles. The molecule has 0 bridgehead atoms. The zero-order valence-corrected chi connectivity index (χ0v) is 11.4. The fraction of sp³-hybridized carbons (Fsp3) is 0.533. The van der Waals surface area contributed by atoms with Crippen molar-refractivity contribution in [2.24, 2.45) is 5.73 Å². The highest BCUT2D eigenvalue weighted by Crippen LogP contribution is 2.34. The first-order valence-electron chi connectivity index (χ1n) is 7.14. The van der Waals surface area contributed by atoms with E-state index in [0.29, 0.717) is 6.04 Å². The molecule has 1 aromatic carbocycles. The molecule has 3 N–H and O–H groups in total. The van der Waals surface area contributed by atoms with Gasteiger partial charge >= 0.3 is 0 Å². The fourth-order valence-electron chi connectivity index (χ4n) is 3.11. The van der Waals surface area contributed by atoms with Gasteiger partial charge < -0.3 is 16.0 Å². The van der Waals surface area contributed by atoms with Crippen LogP contribution in [0, 0.1) is 0 Å². The average molecular weight is 259 g/mol. The number of carbonyl (C=O) groups is 1. The van der Waals surface area contributed by atoms with E-state index in [0.717, 1.165) is 17.8 Å². The summed E-state index contributed by atoms with van der Waals surface area (Å²) < 4.78 is 0. The third kappa shape index (κ3) is 2.21. The largest absolute Gasteiger partial charge is 0.369 e. The minimum absolute atomic E-state index is 0.101. The number of hydrogen-bond acceptors (Lipinski definition) is 3. The molecule has 2 heterocycles. The predicted molar refractivity (Wildman–Crippen MR) is 77.3 cm³/mol. The lowest BCUT2D eigenvalue weighted by molar-refractivity contribution is -0.116. The number of fused-ring (bicyclic) bond motifs is 1. The molecule has 102 valence electrons. The number of nitrogens with one attached hydrogen (secondary N) is 1. The van der Waals surface area contributed by atoms with Crippen molar-refractivity contribution < 1.29 is 4.79 Å². The highest BCUT2D eigenvalue weighted by Gasteiger charge is 2.28. The number of nitrogens with zero attached hydrogens (tertiary/aromatic N) is 1. The molecule has 2 atom stereocenters. The smallest absolute Gasteiger partial charge is 0.245 e. The summed E-state index contributed by atoms with van der Waals surface area (Å²) in [6, 6.07) is 6.21. The van der Waals surface area contributed by atoms with E-state index in [-0.39, 0.29) is 5.91 Å². The molecule has 0 aromatic heterocycles. The number of hydrogen-bond donors (Lipinski definition) is 2. The Morgan fingerprint density at radius 3 is 3.00 bits per heavy atom. The van der Waals surface area contributed by atoms with Gasteiger partial charge in [0.2, 0.25) is 5.91 Å². The molecule has 1 fully saturated rings. The maximum atomic E-state index is 11.6. The summed E-state index contributed by atoms with van der Waals surface area (Å²) >= 11 is 0. The van der Waals surface area contributed by atoms with Crippen LogP contribution in [0.3, 0.4) is 0 Å². The number of benzene rings is 1. The SMILES string of the molecule is CC1CCCCCN1c1ccc2c(c1)NC(=O)C2N. The van der Waals surface area contributed by atoms with Crippen LogP contribution in [0.1, 0.15) is 44.2 Å². The molecule has 4 heteroatoms. The fourth-order valence-corrected chi connectivity index (χ4v) is 3.11. The number of anilines is 2. The van der Waals surface area contributed by atoms with Crippen molar-refractivity contribution in [3.05, 3.63) is 23.8 Å². The zero-order valence-electron chi connectivity index (χ0n) is 11.4. The third-order valence-corrected chi connectivity index (χ3v) is 4.30. The Bertz CT molecular complexity index is 500. The first-order chi connectivity index (χ1) is 9.16. The number of carbonyl (C=O) groups excluding carboxylic acids is 1. The molecule has 19 heavy (non-hydrogen) atoms. The van der Waals surface area contributed by atoms with Gasteiger partial charge in [0.1, 0.15) is 6.04 Å². The van der Waals surface area contributed by atoms with E-state index in [2.05, 4.69) is 29.3 Å². The molecule has 0 radical (unpaired) electrons. The average Bonchev–Trinajstić information content (AvgIpc) is 2.57. The third-order valence-electron chi connectivity index (χ3n) is 4.30. The van der Waals surface area contributed by atoms with E-state index in [9.17, 15) is 4.79 Å². The van der Waals surface area contributed by atoms with Gasteiger partial charge in [0.15, 0.2) is 0 Å². The van der Waals surface area contributed by atoms with Crippen molar-refractivity contribution in [3.63, 3.8) is 0 Å². The van der Waals surface area contributed by atoms with Gasteiger partial charge in [-0.05, 0) is 31.9 Å². The van der Waals surface area contributed by atoms with E-state index in [4.69, 9.17) is 5.73 Å². The lowest BCUT2D eigenvalue weighted by Crippen LogP contribution is -2.32. The maximum absolute atomic E-state index is 11.6. The Hall–Kier alpha value is -1.55. The van der Waals surface area contributed by atoms with Crippen molar-refractivity contribution in [1.29, 1.82) is 0 Å². The van der Waals surface area contributed by atoms with E-state index in [1.807, 2.05) is 6.07 Å². The van der Waals surface area contributed by atoms with Gasteiger partial charge in [-0.2, -0.15) is 0 Å². The van der Waals surface area contributed by atoms with Crippen molar-refractivity contribution in [1.82, 2.24) is 0 Å². The maximum Gasteiger partial charge on any atom is 0.245 e.